The van der Waals surface area contributed by atoms with Crippen molar-refractivity contribution in [1.82, 2.24) is 24.6 Å². The Hall–Kier alpha value is -3.49. The van der Waals surface area contributed by atoms with Gasteiger partial charge in [0, 0.05) is 24.3 Å². The van der Waals surface area contributed by atoms with Crippen molar-refractivity contribution >= 4 is 28.5 Å². The summed E-state index contributed by atoms with van der Waals surface area (Å²) in [5, 5.41) is 9.98. The standard InChI is InChI=1S/C18H18N6O3/c1-23-16-14(8-20-23)18(27)24(10-19-16)9-15(25)21-12-4-2-11(3-5-12)17(26)22-13-6-7-13/h2-5,8,10,13H,6-7,9H2,1H3,(H,21,25)(H,22,26). The van der Waals surface area contributed by atoms with Gasteiger partial charge in [-0.25, -0.2) is 4.98 Å². The summed E-state index contributed by atoms with van der Waals surface area (Å²) in [5.41, 5.74) is 1.24. The van der Waals surface area contributed by atoms with Gasteiger partial charge in [-0.3, -0.25) is 23.6 Å². The monoisotopic (exact) mass is 366 g/mol. The molecule has 1 saturated carbocycles. The van der Waals surface area contributed by atoms with E-state index in [2.05, 4.69) is 20.7 Å². The summed E-state index contributed by atoms with van der Waals surface area (Å²) >= 11 is 0. The number of fused-ring (bicyclic) bond motifs is 1. The summed E-state index contributed by atoms with van der Waals surface area (Å²) in [4.78, 5) is 40.8. The van der Waals surface area contributed by atoms with Crippen LogP contribution in [0.15, 0.2) is 41.6 Å². The van der Waals surface area contributed by atoms with Crippen LogP contribution in [-0.2, 0) is 18.4 Å². The molecule has 0 spiro atoms. The Morgan fingerprint density at radius 1 is 1.22 bits per heavy atom. The normalized spacial score (nSPS) is 13.5. The number of carbonyl (C=O) groups excluding carboxylic acids is 2. The Morgan fingerprint density at radius 3 is 2.67 bits per heavy atom. The van der Waals surface area contributed by atoms with E-state index in [4.69, 9.17) is 0 Å². The van der Waals surface area contributed by atoms with Crippen LogP contribution in [0.1, 0.15) is 23.2 Å². The lowest BCUT2D eigenvalue weighted by Gasteiger charge is -2.08. The fourth-order valence-corrected chi connectivity index (χ4v) is 2.74. The molecule has 9 nitrogen and oxygen atoms in total. The van der Waals surface area contributed by atoms with Crippen LogP contribution in [0.5, 0.6) is 0 Å². The molecule has 0 atom stereocenters. The number of hydrogen-bond acceptors (Lipinski definition) is 5. The highest BCUT2D eigenvalue weighted by atomic mass is 16.2. The van der Waals surface area contributed by atoms with Crippen molar-refractivity contribution in [3.63, 3.8) is 0 Å². The lowest BCUT2D eigenvalue weighted by atomic mass is 10.2. The number of rotatable bonds is 5. The van der Waals surface area contributed by atoms with Gasteiger partial charge in [-0.2, -0.15) is 5.10 Å². The third kappa shape index (κ3) is 3.57. The second kappa shape index (κ2) is 6.67. The largest absolute Gasteiger partial charge is 0.349 e. The molecule has 0 saturated heterocycles. The lowest BCUT2D eigenvalue weighted by molar-refractivity contribution is -0.116. The number of carbonyl (C=O) groups is 2. The zero-order valence-corrected chi connectivity index (χ0v) is 14.7. The number of amides is 2. The molecule has 1 aromatic carbocycles. The topological polar surface area (TPSA) is 111 Å². The smallest absolute Gasteiger partial charge is 0.264 e. The van der Waals surface area contributed by atoms with Crippen molar-refractivity contribution in [2.75, 3.05) is 5.32 Å². The van der Waals surface area contributed by atoms with E-state index < -0.39 is 0 Å². The van der Waals surface area contributed by atoms with Crippen molar-refractivity contribution in [3.8, 4) is 0 Å². The number of hydrogen-bond donors (Lipinski definition) is 2. The zero-order valence-electron chi connectivity index (χ0n) is 14.7. The summed E-state index contributed by atoms with van der Waals surface area (Å²) < 4.78 is 2.73. The van der Waals surface area contributed by atoms with E-state index in [1.807, 2.05) is 0 Å². The first-order chi connectivity index (χ1) is 13.0. The maximum atomic E-state index is 12.4. The molecular formula is C18H18N6O3. The van der Waals surface area contributed by atoms with Crippen LogP contribution in [0.4, 0.5) is 5.69 Å². The first kappa shape index (κ1) is 17.0. The highest BCUT2D eigenvalue weighted by Crippen LogP contribution is 2.19. The van der Waals surface area contributed by atoms with E-state index in [0.717, 1.165) is 12.8 Å². The van der Waals surface area contributed by atoms with Gasteiger partial charge in [0.1, 0.15) is 18.3 Å². The van der Waals surface area contributed by atoms with Crippen molar-refractivity contribution in [2.45, 2.75) is 25.4 Å². The van der Waals surface area contributed by atoms with E-state index >= 15 is 0 Å². The first-order valence-corrected chi connectivity index (χ1v) is 8.59. The van der Waals surface area contributed by atoms with Crippen LogP contribution in [0.2, 0.25) is 0 Å². The van der Waals surface area contributed by atoms with Crippen LogP contribution in [-0.4, -0.2) is 37.2 Å². The van der Waals surface area contributed by atoms with E-state index in [9.17, 15) is 14.4 Å². The molecule has 9 heteroatoms. The summed E-state index contributed by atoms with van der Waals surface area (Å²) in [6.07, 6.45) is 4.82. The first-order valence-electron chi connectivity index (χ1n) is 8.59. The average molecular weight is 366 g/mol. The second-order valence-corrected chi connectivity index (χ2v) is 6.56. The van der Waals surface area contributed by atoms with Crippen molar-refractivity contribution in [2.24, 2.45) is 7.05 Å². The van der Waals surface area contributed by atoms with Gasteiger partial charge in [0.2, 0.25) is 5.91 Å². The number of benzene rings is 1. The summed E-state index contributed by atoms with van der Waals surface area (Å²) in [5.74, 6) is -0.477. The highest BCUT2D eigenvalue weighted by Gasteiger charge is 2.23. The molecule has 3 aromatic rings. The quantitative estimate of drug-likeness (QED) is 0.689. The minimum atomic E-state index is -0.364. The second-order valence-electron chi connectivity index (χ2n) is 6.56. The Bertz CT molecular complexity index is 1080. The molecule has 4 rings (SSSR count). The van der Waals surface area contributed by atoms with Gasteiger partial charge in [0.25, 0.3) is 11.5 Å². The highest BCUT2D eigenvalue weighted by molar-refractivity contribution is 5.96. The molecular weight excluding hydrogens is 348 g/mol. The van der Waals surface area contributed by atoms with Crippen LogP contribution < -0.4 is 16.2 Å². The van der Waals surface area contributed by atoms with Gasteiger partial charge < -0.3 is 10.6 Å². The molecule has 2 amide bonds. The Morgan fingerprint density at radius 2 is 1.96 bits per heavy atom. The molecule has 2 N–H and O–H groups in total. The van der Waals surface area contributed by atoms with Gasteiger partial charge in [0.05, 0.1) is 6.20 Å². The third-order valence-electron chi connectivity index (χ3n) is 4.38. The molecule has 1 fully saturated rings. The molecule has 0 radical (unpaired) electrons. The van der Waals surface area contributed by atoms with Gasteiger partial charge in [-0.1, -0.05) is 0 Å². The molecule has 1 aliphatic rings. The SMILES string of the molecule is Cn1ncc2c(=O)n(CC(=O)Nc3ccc(C(=O)NC4CC4)cc3)cnc21. The maximum absolute atomic E-state index is 12.4. The van der Waals surface area contributed by atoms with Gasteiger partial charge >= 0.3 is 0 Å². The molecule has 2 aromatic heterocycles. The van der Waals surface area contributed by atoms with E-state index in [1.54, 1.807) is 31.3 Å². The molecule has 0 unspecified atom stereocenters. The molecule has 2 heterocycles. The van der Waals surface area contributed by atoms with Gasteiger partial charge in [-0.15, -0.1) is 0 Å². The zero-order chi connectivity index (χ0) is 19.0. The molecule has 27 heavy (non-hydrogen) atoms. The van der Waals surface area contributed by atoms with Crippen LogP contribution >= 0.6 is 0 Å². The van der Waals surface area contributed by atoms with E-state index in [-0.39, 0.29) is 23.9 Å². The van der Waals surface area contributed by atoms with Crippen molar-refractivity contribution < 1.29 is 9.59 Å². The Balaban J connectivity index is 1.42. The van der Waals surface area contributed by atoms with Gasteiger partial charge in [-0.05, 0) is 37.1 Å². The van der Waals surface area contributed by atoms with Crippen molar-refractivity contribution in [3.05, 3.63) is 52.7 Å². The number of nitrogens with zero attached hydrogens (tertiary/aromatic N) is 4. The number of aromatic nitrogens is 4. The molecule has 0 aliphatic heterocycles. The summed E-state index contributed by atoms with van der Waals surface area (Å²) in [7, 11) is 1.69. The lowest BCUT2D eigenvalue weighted by Crippen LogP contribution is -2.28. The third-order valence-corrected chi connectivity index (χ3v) is 4.38. The Kier molecular flexibility index (Phi) is 4.19. The van der Waals surface area contributed by atoms with Crippen LogP contribution in [0, 0.1) is 0 Å². The number of nitrogens with one attached hydrogen (secondary N) is 2. The fraction of sp³-hybridized carbons (Fsp3) is 0.278. The molecule has 0 bridgehead atoms. The van der Waals surface area contributed by atoms with Crippen LogP contribution in [0.25, 0.3) is 11.0 Å². The number of aryl methyl sites for hydroxylation is 1. The summed E-state index contributed by atoms with van der Waals surface area (Å²) in [6.45, 7) is -0.166. The molecule has 138 valence electrons. The minimum absolute atomic E-state index is 0.113. The van der Waals surface area contributed by atoms with E-state index in [0.29, 0.717) is 28.3 Å². The maximum Gasteiger partial charge on any atom is 0.264 e. The van der Waals surface area contributed by atoms with Crippen molar-refractivity contribution in [1.29, 1.82) is 0 Å². The predicted octanol–water partition coefficient (Wildman–Crippen LogP) is 0.661. The fourth-order valence-electron chi connectivity index (χ4n) is 2.74. The number of anilines is 1. The minimum Gasteiger partial charge on any atom is -0.349 e. The Labute approximate surface area is 154 Å². The molecule has 1 aliphatic carbocycles. The predicted molar refractivity (Wildman–Crippen MR) is 98.3 cm³/mol. The van der Waals surface area contributed by atoms with Crippen LogP contribution in [0.3, 0.4) is 0 Å². The average Bonchev–Trinajstić information content (AvgIpc) is 3.38. The van der Waals surface area contributed by atoms with Gasteiger partial charge in [0.15, 0.2) is 5.65 Å². The summed E-state index contributed by atoms with van der Waals surface area (Å²) in [6, 6.07) is 6.92. The van der Waals surface area contributed by atoms with E-state index in [1.165, 1.54) is 21.8 Å².